The van der Waals surface area contributed by atoms with Crippen LogP contribution >= 0.6 is 0 Å². The molecule has 1 heterocycles. The summed E-state index contributed by atoms with van der Waals surface area (Å²) in [4.78, 5) is 2.44. The van der Waals surface area contributed by atoms with Crippen molar-refractivity contribution >= 4 is 0 Å². The van der Waals surface area contributed by atoms with Crippen LogP contribution in [-0.2, 0) is 4.74 Å². The maximum atomic E-state index is 5.87. The summed E-state index contributed by atoms with van der Waals surface area (Å²) in [5, 5.41) is 0. The van der Waals surface area contributed by atoms with Crippen molar-refractivity contribution in [3.63, 3.8) is 0 Å². The zero-order valence-electron chi connectivity index (χ0n) is 8.88. The highest BCUT2D eigenvalue weighted by molar-refractivity contribution is 4.92. The van der Waals surface area contributed by atoms with Crippen molar-refractivity contribution in [1.29, 1.82) is 0 Å². The second kappa shape index (κ2) is 4.94. The van der Waals surface area contributed by atoms with Crippen molar-refractivity contribution < 1.29 is 4.74 Å². The Morgan fingerprint density at radius 1 is 1.38 bits per heavy atom. The Balaban J connectivity index is 2.64. The summed E-state index contributed by atoms with van der Waals surface area (Å²) in [6.07, 6.45) is 2.33. The van der Waals surface area contributed by atoms with Crippen LogP contribution in [0, 0.1) is 0 Å². The highest BCUT2D eigenvalue weighted by atomic mass is 16.5. The molecule has 0 bridgehead atoms. The smallest absolute Gasteiger partial charge is 0.0662 e. The molecule has 2 N–H and O–H groups in total. The van der Waals surface area contributed by atoms with Crippen molar-refractivity contribution in [2.24, 2.45) is 5.73 Å². The molecule has 78 valence electrons. The van der Waals surface area contributed by atoms with E-state index in [1.165, 1.54) is 6.42 Å². The van der Waals surface area contributed by atoms with Crippen LogP contribution in [0.1, 0.15) is 26.7 Å². The zero-order valence-corrected chi connectivity index (χ0v) is 8.88. The molecule has 0 radical (unpaired) electrons. The number of nitrogens with zero attached hydrogens (tertiary/aromatic N) is 1. The van der Waals surface area contributed by atoms with Crippen LogP contribution in [0.5, 0.6) is 0 Å². The molecule has 0 spiro atoms. The molecule has 0 aromatic heterocycles. The van der Waals surface area contributed by atoms with Crippen LogP contribution in [0.2, 0.25) is 0 Å². The maximum absolute atomic E-state index is 5.87. The molecule has 3 heteroatoms. The first-order valence-electron chi connectivity index (χ1n) is 5.32. The minimum atomic E-state index is 0.127. The van der Waals surface area contributed by atoms with Gasteiger partial charge in [0.2, 0.25) is 0 Å². The minimum absolute atomic E-state index is 0.127. The van der Waals surface area contributed by atoms with Gasteiger partial charge in [-0.3, -0.25) is 4.90 Å². The molecular formula is C10H22N2O. The zero-order chi connectivity index (χ0) is 9.73. The van der Waals surface area contributed by atoms with Gasteiger partial charge in [-0.2, -0.15) is 0 Å². The third kappa shape index (κ3) is 2.22. The van der Waals surface area contributed by atoms with E-state index in [0.717, 1.165) is 32.7 Å². The SMILES string of the molecule is CCN(CC)C1(CN)CCCOC1. The molecule has 1 rings (SSSR count). The maximum Gasteiger partial charge on any atom is 0.0662 e. The number of hydrogen-bond acceptors (Lipinski definition) is 3. The second-order valence-corrected chi connectivity index (χ2v) is 3.76. The normalized spacial score (nSPS) is 29.5. The topological polar surface area (TPSA) is 38.5 Å². The van der Waals surface area contributed by atoms with E-state index in [4.69, 9.17) is 10.5 Å². The monoisotopic (exact) mass is 186 g/mol. The summed E-state index contributed by atoms with van der Waals surface area (Å²) in [7, 11) is 0. The summed E-state index contributed by atoms with van der Waals surface area (Å²) in [6, 6.07) is 0. The van der Waals surface area contributed by atoms with Gasteiger partial charge in [-0.1, -0.05) is 13.8 Å². The van der Waals surface area contributed by atoms with E-state index in [1.807, 2.05) is 0 Å². The van der Waals surface area contributed by atoms with Gasteiger partial charge in [-0.05, 0) is 25.9 Å². The average molecular weight is 186 g/mol. The molecule has 0 aromatic rings. The first-order valence-corrected chi connectivity index (χ1v) is 5.32. The summed E-state index contributed by atoms with van der Waals surface area (Å²) < 4.78 is 5.54. The van der Waals surface area contributed by atoms with Crippen molar-refractivity contribution in [3.05, 3.63) is 0 Å². The molecule has 1 saturated heterocycles. The molecule has 0 aliphatic carbocycles. The molecule has 1 atom stereocenters. The van der Waals surface area contributed by atoms with Crippen LogP contribution in [0.15, 0.2) is 0 Å². The van der Waals surface area contributed by atoms with Gasteiger partial charge in [0.15, 0.2) is 0 Å². The first-order chi connectivity index (χ1) is 6.29. The fourth-order valence-electron chi connectivity index (χ4n) is 2.27. The van der Waals surface area contributed by atoms with Crippen LogP contribution in [0.4, 0.5) is 0 Å². The summed E-state index contributed by atoms with van der Waals surface area (Å²) in [6.45, 7) is 8.95. The van der Waals surface area contributed by atoms with Gasteiger partial charge in [0.25, 0.3) is 0 Å². The summed E-state index contributed by atoms with van der Waals surface area (Å²) in [5.41, 5.74) is 6.00. The largest absolute Gasteiger partial charge is 0.379 e. The predicted octanol–water partition coefficient (Wildman–Crippen LogP) is 0.836. The van der Waals surface area contributed by atoms with E-state index >= 15 is 0 Å². The van der Waals surface area contributed by atoms with Gasteiger partial charge >= 0.3 is 0 Å². The second-order valence-electron chi connectivity index (χ2n) is 3.76. The Labute approximate surface area is 81.2 Å². The fourth-order valence-corrected chi connectivity index (χ4v) is 2.27. The van der Waals surface area contributed by atoms with Gasteiger partial charge in [-0.15, -0.1) is 0 Å². The van der Waals surface area contributed by atoms with E-state index in [9.17, 15) is 0 Å². The molecular weight excluding hydrogens is 164 g/mol. The van der Waals surface area contributed by atoms with Crippen molar-refractivity contribution in [1.82, 2.24) is 4.90 Å². The lowest BCUT2D eigenvalue weighted by Crippen LogP contribution is -2.58. The third-order valence-corrected chi connectivity index (χ3v) is 3.12. The van der Waals surface area contributed by atoms with E-state index < -0.39 is 0 Å². The van der Waals surface area contributed by atoms with Gasteiger partial charge in [-0.25, -0.2) is 0 Å². The van der Waals surface area contributed by atoms with Gasteiger partial charge in [0, 0.05) is 13.2 Å². The highest BCUT2D eigenvalue weighted by Gasteiger charge is 2.35. The first kappa shape index (κ1) is 11.0. The Morgan fingerprint density at radius 3 is 2.46 bits per heavy atom. The van der Waals surface area contributed by atoms with E-state index in [2.05, 4.69) is 18.7 Å². The number of likely N-dealkylation sites (N-methyl/N-ethyl adjacent to an activating group) is 1. The molecule has 0 aromatic carbocycles. The molecule has 1 fully saturated rings. The van der Waals surface area contributed by atoms with E-state index in [-0.39, 0.29) is 5.54 Å². The van der Waals surface area contributed by atoms with Gasteiger partial charge in [0.1, 0.15) is 0 Å². The van der Waals surface area contributed by atoms with Crippen molar-refractivity contribution in [2.75, 3.05) is 32.8 Å². The van der Waals surface area contributed by atoms with Crippen LogP contribution < -0.4 is 5.73 Å². The molecule has 0 saturated carbocycles. The molecule has 1 unspecified atom stereocenters. The van der Waals surface area contributed by atoms with Crippen LogP contribution in [0.25, 0.3) is 0 Å². The summed E-state index contributed by atoms with van der Waals surface area (Å²) in [5.74, 6) is 0. The molecule has 1 aliphatic heterocycles. The van der Waals surface area contributed by atoms with Crippen LogP contribution in [-0.4, -0.2) is 43.3 Å². The minimum Gasteiger partial charge on any atom is -0.379 e. The number of rotatable bonds is 4. The lowest BCUT2D eigenvalue weighted by molar-refractivity contribution is -0.0409. The molecule has 13 heavy (non-hydrogen) atoms. The quantitative estimate of drug-likeness (QED) is 0.707. The Morgan fingerprint density at radius 2 is 2.08 bits per heavy atom. The van der Waals surface area contributed by atoms with E-state index in [0.29, 0.717) is 6.54 Å². The third-order valence-electron chi connectivity index (χ3n) is 3.12. The Bertz CT molecular complexity index is 140. The number of ether oxygens (including phenoxy) is 1. The van der Waals surface area contributed by atoms with E-state index in [1.54, 1.807) is 0 Å². The van der Waals surface area contributed by atoms with Gasteiger partial charge in [0.05, 0.1) is 12.1 Å². The van der Waals surface area contributed by atoms with Crippen molar-refractivity contribution in [3.8, 4) is 0 Å². The molecule has 1 aliphatic rings. The van der Waals surface area contributed by atoms with Crippen molar-refractivity contribution in [2.45, 2.75) is 32.2 Å². The number of hydrogen-bond donors (Lipinski definition) is 1. The average Bonchev–Trinajstić information content (AvgIpc) is 2.21. The lowest BCUT2D eigenvalue weighted by atomic mass is 9.90. The number of nitrogens with two attached hydrogens (primary N) is 1. The highest BCUT2D eigenvalue weighted by Crippen LogP contribution is 2.24. The Hall–Kier alpha value is -0.120. The Kier molecular flexibility index (Phi) is 4.16. The lowest BCUT2D eigenvalue weighted by Gasteiger charge is -2.44. The van der Waals surface area contributed by atoms with Gasteiger partial charge < -0.3 is 10.5 Å². The fraction of sp³-hybridized carbons (Fsp3) is 1.00. The standard InChI is InChI=1S/C10H22N2O/c1-3-12(4-2)10(8-11)6-5-7-13-9-10/h3-9,11H2,1-2H3. The predicted molar refractivity (Wildman–Crippen MR) is 54.8 cm³/mol. The molecule has 0 amide bonds. The molecule has 3 nitrogen and oxygen atoms in total. The summed E-state index contributed by atoms with van der Waals surface area (Å²) >= 11 is 0. The van der Waals surface area contributed by atoms with Crippen LogP contribution in [0.3, 0.4) is 0 Å².